The first-order valence-electron chi connectivity index (χ1n) is 5.16. The smallest absolute Gasteiger partial charge is 0.224 e. The van der Waals surface area contributed by atoms with Gasteiger partial charge in [0, 0.05) is 6.54 Å². The van der Waals surface area contributed by atoms with Gasteiger partial charge in [0.2, 0.25) is 5.28 Å². The number of hydrogen-bond donors (Lipinski definition) is 1. The minimum atomic E-state index is 0.209. The maximum Gasteiger partial charge on any atom is 0.224 e. The maximum absolute atomic E-state index is 5.91. The average molecular weight is 263 g/mol. The predicted molar refractivity (Wildman–Crippen MR) is 68.3 cm³/mol. The largest absolute Gasteiger partial charge is 0.369 e. The Labute approximate surface area is 106 Å². The standard InChI is InChI=1S/C10H16Cl2N4/c1-16(2)6-4-3-5-13-9-8(11)7-14-10(12)15-9/h7H,3-6H2,1-2H3,(H,13,14,15). The van der Waals surface area contributed by atoms with Crippen molar-refractivity contribution in [2.75, 3.05) is 32.5 Å². The van der Waals surface area contributed by atoms with Gasteiger partial charge in [-0.25, -0.2) is 4.98 Å². The Hall–Kier alpha value is -0.580. The number of nitrogens with one attached hydrogen (secondary N) is 1. The molecule has 1 aromatic rings. The highest BCUT2D eigenvalue weighted by atomic mass is 35.5. The van der Waals surface area contributed by atoms with Crippen LogP contribution in [0.3, 0.4) is 0 Å². The van der Waals surface area contributed by atoms with Gasteiger partial charge in [-0.2, -0.15) is 4.98 Å². The highest BCUT2D eigenvalue weighted by Crippen LogP contribution is 2.19. The molecule has 0 aliphatic heterocycles. The number of aromatic nitrogens is 2. The Morgan fingerprint density at radius 1 is 1.31 bits per heavy atom. The highest BCUT2D eigenvalue weighted by Gasteiger charge is 2.02. The second-order valence-corrected chi connectivity index (χ2v) is 4.52. The van der Waals surface area contributed by atoms with Crippen LogP contribution in [0.5, 0.6) is 0 Å². The molecular weight excluding hydrogens is 247 g/mol. The Bertz CT molecular complexity index is 331. The maximum atomic E-state index is 5.91. The van der Waals surface area contributed by atoms with Crippen molar-refractivity contribution in [3.8, 4) is 0 Å². The molecule has 6 heteroatoms. The summed E-state index contributed by atoms with van der Waals surface area (Å²) in [6.45, 7) is 1.92. The van der Waals surface area contributed by atoms with Gasteiger partial charge in [0.15, 0.2) is 0 Å². The van der Waals surface area contributed by atoms with Crippen LogP contribution in [0.4, 0.5) is 5.82 Å². The lowest BCUT2D eigenvalue weighted by Crippen LogP contribution is -2.14. The summed E-state index contributed by atoms with van der Waals surface area (Å²) >= 11 is 11.6. The molecule has 0 bridgehead atoms. The van der Waals surface area contributed by atoms with Crippen molar-refractivity contribution in [1.29, 1.82) is 0 Å². The van der Waals surface area contributed by atoms with Crippen LogP contribution in [0.2, 0.25) is 10.3 Å². The first kappa shape index (κ1) is 13.5. The molecule has 90 valence electrons. The van der Waals surface area contributed by atoms with Gasteiger partial charge in [-0.1, -0.05) is 11.6 Å². The van der Waals surface area contributed by atoms with Crippen LogP contribution in [0.25, 0.3) is 0 Å². The van der Waals surface area contributed by atoms with Crippen LogP contribution in [0.15, 0.2) is 6.20 Å². The van der Waals surface area contributed by atoms with Crippen molar-refractivity contribution in [3.63, 3.8) is 0 Å². The summed E-state index contributed by atoms with van der Waals surface area (Å²) in [5, 5.41) is 3.85. The Balaban J connectivity index is 2.29. The van der Waals surface area contributed by atoms with E-state index < -0.39 is 0 Å². The van der Waals surface area contributed by atoms with Crippen molar-refractivity contribution in [3.05, 3.63) is 16.5 Å². The minimum absolute atomic E-state index is 0.209. The monoisotopic (exact) mass is 262 g/mol. The van der Waals surface area contributed by atoms with Crippen LogP contribution in [0.1, 0.15) is 12.8 Å². The van der Waals surface area contributed by atoms with Crippen molar-refractivity contribution < 1.29 is 0 Å². The summed E-state index contributed by atoms with van der Waals surface area (Å²) in [7, 11) is 4.13. The lowest BCUT2D eigenvalue weighted by atomic mass is 10.3. The minimum Gasteiger partial charge on any atom is -0.369 e. The molecule has 0 unspecified atom stereocenters. The zero-order valence-electron chi connectivity index (χ0n) is 9.50. The van der Waals surface area contributed by atoms with Crippen molar-refractivity contribution in [2.24, 2.45) is 0 Å². The third kappa shape index (κ3) is 4.96. The first-order chi connectivity index (χ1) is 7.59. The summed E-state index contributed by atoms with van der Waals surface area (Å²) < 4.78 is 0. The third-order valence-corrected chi connectivity index (χ3v) is 2.50. The Morgan fingerprint density at radius 2 is 2.06 bits per heavy atom. The summed E-state index contributed by atoms with van der Waals surface area (Å²) in [5.41, 5.74) is 0. The van der Waals surface area contributed by atoms with E-state index in [0.29, 0.717) is 10.8 Å². The molecule has 0 amide bonds. The fourth-order valence-corrected chi connectivity index (χ4v) is 1.52. The molecule has 0 saturated carbocycles. The summed E-state index contributed by atoms with van der Waals surface area (Å²) in [4.78, 5) is 9.95. The second-order valence-electron chi connectivity index (χ2n) is 3.77. The third-order valence-electron chi connectivity index (χ3n) is 2.04. The van der Waals surface area contributed by atoms with E-state index in [2.05, 4.69) is 34.3 Å². The fourth-order valence-electron chi connectivity index (χ4n) is 1.23. The average Bonchev–Trinajstić information content (AvgIpc) is 2.22. The lowest BCUT2D eigenvalue weighted by Gasteiger charge is -2.10. The van der Waals surface area contributed by atoms with E-state index in [1.54, 1.807) is 0 Å². The number of anilines is 1. The molecule has 0 aromatic carbocycles. The van der Waals surface area contributed by atoms with E-state index in [9.17, 15) is 0 Å². The zero-order valence-corrected chi connectivity index (χ0v) is 11.0. The van der Waals surface area contributed by atoms with Gasteiger partial charge in [0.05, 0.1) is 6.20 Å². The molecular formula is C10H16Cl2N4. The fraction of sp³-hybridized carbons (Fsp3) is 0.600. The zero-order chi connectivity index (χ0) is 12.0. The van der Waals surface area contributed by atoms with Crippen LogP contribution < -0.4 is 5.32 Å². The van der Waals surface area contributed by atoms with Crippen LogP contribution in [-0.4, -0.2) is 42.1 Å². The lowest BCUT2D eigenvalue weighted by molar-refractivity contribution is 0.396. The number of hydrogen-bond acceptors (Lipinski definition) is 4. The molecule has 1 aromatic heterocycles. The molecule has 1 heterocycles. The van der Waals surface area contributed by atoms with Crippen LogP contribution >= 0.6 is 23.2 Å². The summed E-state index contributed by atoms with van der Waals surface area (Å²) in [6, 6.07) is 0. The summed E-state index contributed by atoms with van der Waals surface area (Å²) in [6.07, 6.45) is 3.70. The van der Waals surface area contributed by atoms with Crippen molar-refractivity contribution in [1.82, 2.24) is 14.9 Å². The van der Waals surface area contributed by atoms with Gasteiger partial charge in [0.1, 0.15) is 10.8 Å². The van der Waals surface area contributed by atoms with Crippen LogP contribution in [0, 0.1) is 0 Å². The van der Waals surface area contributed by atoms with Gasteiger partial charge in [-0.3, -0.25) is 0 Å². The number of nitrogens with zero attached hydrogens (tertiary/aromatic N) is 3. The Kier molecular flexibility index (Phi) is 5.80. The van der Waals surface area contributed by atoms with Crippen molar-refractivity contribution in [2.45, 2.75) is 12.8 Å². The SMILES string of the molecule is CN(C)CCCCNc1nc(Cl)ncc1Cl. The quantitative estimate of drug-likeness (QED) is 0.632. The first-order valence-corrected chi connectivity index (χ1v) is 5.92. The molecule has 0 aliphatic rings. The molecule has 0 aliphatic carbocycles. The topological polar surface area (TPSA) is 41.0 Å². The molecule has 1 rings (SSSR count). The molecule has 0 fully saturated rings. The molecule has 0 radical (unpaired) electrons. The van der Waals surface area contributed by atoms with Gasteiger partial charge in [-0.15, -0.1) is 0 Å². The van der Waals surface area contributed by atoms with Gasteiger partial charge in [-0.05, 0) is 45.1 Å². The normalized spacial score (nSPS) is 10.8. The van der Waals surface area contributed by atoms with E-state index in [-0.39, 0.29) is 5.28 Å². The van der Waals surface area contributed by atoms with E-state index in [1.165, 1.54) is 6.20 Å². The predicted octanol–water partition coefficient (Wildman–Crippen LogP) is 2.54. The molecule has 0 saturated heterocycles. The van der Waals surface area contributed by atoms with E-state index >= 15 is 0 Å². The summed E-state index contributed by atoms with van der Waals surface area (Å²) in [5.74, 6) is 0.603. The number of rotatable bonds is 6. The van der Waals surface area contributed by atoms with E-state index in [0.717, 1.165) is 25.9 Å². The van der Waals surface area contributed by atoms with E-state index in [1.807, 2.05) is 0 Å². The molecule has 16 heavy (non-hydrogen) atoms. The number of unbranched alkanes of at least 4 members (excludes halogenated alkanes) is 1. The molecule has 1 N–H and O–H groups in total. The second kappa shape index (κ2) is 6.89. The molecule has 0 atom stereocenters. The van der Waals surface area contributed by atoms with Gasteiger partial charge < -0.3 is 10.2 Å². The molecule has 0 spiro atoms. The van der Waals surface area contributed by atoms with Crippen LogP contribution in [-0.2, 0) is 0 Å². The highest BCUT2D eigenvalue weighted by molar-refractivity contribution is 6.33. The van der Waals surface area contributed by atoms with E-state index in [4.69, 9.17) is 23.2 Å². The van der Waals surface area contributed by atoms with Gasteiger partial charge in [0.25, 0.3) is 0 Å². The van der Waals surface area contributed by atoms with Gasteiger partial charge >= 0.3 is 0 Å². The molecule has 4 nitrogen and oxygen atoms in total. The Morgan fingerprint density at radius 3 is 2.75 bits per heavy atom. The van der Waals surface area contributed by atoms with Crippen molar-refractivity contribution >= 4 is 29.0 Å². The number of halogens is 2.